The number of hydrogen-bond acceptors (Lipinski definition) is 4. The molecule has 1 unspecified atom stereocenters. The summed E-state index contributed by atoms with van der Waals surface area (Å²) < 4.78 is 16.7. The molecule has 1 atom stereocenters. The first-order chi connectivity index (χ1) is 9.36. The van der Waals surface area contributed by atoms with Gasteiger partial charge in [0.1, 0.15) is 0 Å². The number of nitrogens with one attached hydrogen (secondary N) is 1. The van der Waals surface area contributed by atoms with E-state index in [1.165, 1.54) is 0 Å². The summed E-state index contributed by atoms with van der Waals surface area (Å²) in [6, 6.07) is 7.68. The van der Waals surface area contributed by atoms with Gasteiger partial charge in [-0.05, 0) is 30.7 Å². The SMILES string of the molecule is COc1ccc(-c2cc[nH]n2)cc1OC1CCCO1. The minimum atomic E-state index is -0.177. The molecule has 0 bridgehead atoms. The molecule has 0 spiro atoms. The Labute approximate surface area is 111 Å². The molecule has 1 aliphatic heterocycles. The second kappa shape index (κ2) is 5.32. The summed E-state index contributed by atoms with van der Waals surface area (Å²) in [6.45, 7) is 0.756. The lowest BCUT2D eigenvalue weighted by Crippen LogP contribution is -2.14. The van der Waals surface area contributed by atoms with Crippen molar-refractivity contribution in [1.29, 1.82) is 0 Å². The Bertz CT molecular complexity index is 534. The van der Waals surface area contributed by atoms with Crippen LogP contribution in [0.1, 0.15) is 12.8 Å². The van der Waals surface area contributed by atoms with Crippen molar-refractivity contribution in [3.63, 3.8) is 0 Å². The van der Waals surface area contributed by atoms with Crippen LogP contribution < -0.4 is 9.47 Å². The smallest absolute Gasteiger partial charge is 0.200 e. The monoisotopic (exact) mass is 260 g/mol. The number of benzene rings is 1. The van der Waals surface area contributed by atoms with Crippen LogP contribution in [0, 0.1) is 0 Å². The van der Waals surface area contributed by atoms with E-state index in [-0.39, 0.29) is 6.29 Å². The van der Waals surface area contributed by atoms with E-state index in [9.17, 15) is 0 Å². The summed E-state index contributed by atoms with van der Waals surface area (Å²) in [5.74, 6) is 1.39. The quantitative estimate of drug-likeness (QED) is 0.918. The van der Waals surface area contributed by atoms with Gasteiger partial charge in [-0.25, -0.2) is 0 Å². The Morgan fingerprint density at radius 1 is 1.32 bits per heavy atom. The number of nitrogens with zero attached hydrogens (tertiary/aromatic N) is 1. The van der Waals surface area contributed by atoms with E-state index in [4.69, 9.17) is 14.2 Å². The highest BCUT2D eigenvalue weighted by molar-refractivity contribution is 5.63. The molecule has 0 radical (unpaired) electrons. The highest BCUT2D eigenvalue weighted by Gasteiger charge is 2.19. The van der Waals surface area contributed by atoms with Gasteiger partial charge in [-0.1, -0.05) is 0 Å². The number of hydrogen-bond donors (Lipinski definition) is 1. The summed E-state index contributed by atoms with van der Waals surface area (Å²) in [5.41, 5.74) is 1.86. The molecule has 0 amide bonds. The fraction of sp³-hybridized carbons (Fsp3) is 0.357. The summed E-state index contributed by atoms with van der Waals surface area (Å²) >= 11 is 0. The van der Waals surface area contributed by atoms with E-state index < -0.39 is 0 Å². The van der Waals surface area contributed by atoms with Crippen LogP contribution in [-0.2, 0) is 4.74 Å². The molecule has 1 aliphatic rings. The minimum absolute atomic E-state index is 0.177. The molecule has 3 rings (SSSR count). The van der Waals surface area contributed by atoms with Gasteiger partial charge in [-0.15, -0.1) is 0 Å². The molecular formula is C14H16N2O3. The molecule has 2 aromatic rings. The summed E-state index contributed by atoms with van der Waals surface area (Å²) in [5, 5.41) is 6.96. The van der Waals surface area contributed by atoms with Gasteiger partial charge in [0.25, 0.3) is 0 Å². The highest BCUT2D eigenvalue weighted by Crippen LogP contribution is 2.33. The van der Waals surface area contributed by atoms with Crippen molar-refractivity contribution in [2.75, 3.05) is 13.7 Å². The summed E-state index contributed by atoms with van der Waals surface area (Å²) in [4.78, 5) is 0. The summed E-state index contributed by atoms with van der Waals surface area (Å²) in [6.07, 6.45) is 3.56. The largest absolute Gasteiger partial charge is 0.493 e. The van der Waals surface area contributed by atoms with E-state index in [2.05, 4.69) is 10.2 Å². The minimum Gasteiger partial charge on any atom is -0.493 e. The zero-order valence-electron chi connectivity index (χ0n) is 10.8. The highest BCUT2D eigenvalue weighted by atomic mass is 16.7. The molecule has 5 nitrogen and oxygen atoms in total. The fourth-order valence-corrected chi connectivity index (χ4v) is 2.13. The maximum absolute atomic E-state index is 5.85. The first kappa shape index (κ1) is 12.0. The van der Waals surface area contributed by atoms with Crippen LogP contribution in [0.15, 0.2) is 30.5 Å². The summed E-state index contributed by atoms with van der Waals surface area (Å²) in [7, 11) is 1.63. The number of rotatable bonds is 4. The molecule has 5 heteroatoms. The lowest BCUT2D eigenvalue weighted by molar-refractivity contribution is -0.0402. The molecule has 1 fully saturated rings. The van der Waals surface area contributed by atoms with Crippen LogP contribution in [0.4, 0.5) is 0 Å². The zero-order valence-corrected chi connectivity index (χ0v) is 10.8. The van der Waals surface area contributed by atoms with Crippen LogP contribution in [0.2, 0.25) is 0 Å². The third-order valence-corrected chi connectivity index (χ3v) is 3.11. The maximum Gasteiger partial charge on any atom is 0.200 e. The van der Waals surface area contributed by atoms with Crippen LogP contribution in [0.5, 0.6) is 11.5 Å². The molecule has 0 aliphatic carbocycles. The van der Waals surface area contributed by atoms with Crippen LogP contribution >= 0.6 is 0 Å². The first-order valence-electron chi connectivity index (χ1n) is 6.33. The lowest BCUT2D eigenvalue weighted by atomic mass is 10.1. The van der Waals surface area contributed by atoms with E-state index in [0.717, 1.165) is 30.7 Å². The second-order valence-corrected chi connectivity index (χ2v) is 4.39. The van der Waals surface area contributed by atoms with E-state index in [1.807, 2.05) is 24.3 Å². The van der Waals surface area contributed by atoms with Gasteiger partial charge in [-0.3, -0.25) is 5.10 Å². The van der Waals surface area contributed by atoms with Crippen LogP contribution in [-0.4, -0.2) is 30.2 Å². The molecule has 100 valence electrons. The predicted molar refractivity (Wildman–Crippen MR) is 70.2 cm³/mol. The van der Waals surface area contributed by atoms with Crippen molar-refractivity contribution >= 4 is 0 Å². The Kier molecular flexibility index (Phi) is 3.37. The van der Waals surface area contributed by atoms with Crippen molar-refractivity contribution in [2.45, 2.75) is 19.1 Å². The Hall–Kier alpha value is -2.01. The second-order valence-electron chi connectivity index (χ2n) is 4.39. The van der Waals surface area contributed by atoms with Crippen molar-refractivity contribution < 1.29 is 14.2 Å². The Morgan fingerprint density at radius 2 is 2.26 bits per heavy atom. The van der Waals surface area contributed by atoms with Gasteiger partial charge in [0.15, 0.2) is 17.8 Å². The molecular weight excluding hydrogens is 244 g/mol. The van der Waals surface area contributed by atoms with Gasteiger partial charge >= 0.3 is 0 Å². The van der Waals surface area contributed by atoms with Gasteiger partial charge < -0.3 is 14.2 Å². The standard InChI is InChI=1S/C14H16N2O3/c1-17-12-5-4-10(11-6-7-15-16-11)9-13(12)19-14-3-2-8-18-14/h4-7,9,14H,2-3,8H2,1H3,(H,15,16). The zero-order chi connectivity index (χ0) is 13.1. The first-order valence-corrected chi connectivity index (χ1v) is 6.33. The molecule has 1 saturated heterocycles. The number of ether oxygens (including phenoxy) is 3. The van der Waals surface area contributed by atoms with Crippen LogP contribution in [0.25, 0.3) is 11.3 Å². The topological polar surface area (TPSA) is 56.4 Å². The van der Waals surface area contributed by atoms with Crippen LogP contribution in [0.3, 0.4) is 0 Å². The number of aromatic nitrogens is 2. The molecule has 1 aromatic carbocycles. The number of H-pyrrole nitrogens is 1. The normalized spacial score (nSPS) is 18.5. The van der Waals surface area contributed by atoms with Crippen molar-refractivity contribution in [3.05, 3.63) is 30.5 Å². The third kappa shape index (κ3) is 2.56. The maximum atomic E-state index is 5.85. The van der Waals surface area contributed by atoms with Gasteiger partial charge in [0, 0.05) is 18.2 Å². The third-order valence-electron chi connectivity index (χ3n) is 3.11. The molecule has 1 N–H and O–H groups in total. The predicted octanol–water partition coefficient (Wildman–Crippen LogP) is 2.60. The van der Waals surface area contributed by atoms with E-state index in [1.54, 1.807) is 13.3 Å². The number of methoxy groups -OCH3 is 1. The van der Waals surface area contributed by atoms with E-state index in [0.29, 0.717) is 11.5 Å². The Morgan fingerprint density at radius 3 is 2.95 bits per heavy atom. The lowest BCUT2D eigenvalue weighted by Gasteiger charge is -2.16. The van der Waals surface area contributed by atoms with Gasteiger partial charge in [0.2, 0.25) is 0 Å². The average Bonchev–Trinajstić information content (AvgIpc) is 3.11. The van der Waals surface area contributed by atoms with Crippen molar-refractivity contribution in [2.24, 2.45) is 0 Å². The van der Waals surface area contributed by atoms with Crippen molar-refractivity contribution in [3.8, 4) is 22.8 Å². The molecule has 0 saturated carbocycles. The Balaban J connectivity index is 1.88. The average molecular weight is 260 g/mol. The van der Waals surface area contributed by atoms with Gasteiger partial charge in [-0.2, -0.15) is 5.10 Å². The number of aromatic amines is 1. The molecule has 1 aromatic heterocycles. The van der Waals surface area contributed by atoms with Crippen molar-refractivity contribution in [1.82, 2.24) is 10.2 Å². The van der Waals surface area contributed by atoms with Gasteiger partial charge in [0.05, 0.1) is 19.4 Å². The fourth-order valence-electron chi connectivity index (χ4n) is 2.13. The molecule has 19 heavy (non-hydrogen) atoms. The van der Waals surface area contributed by atoms with E-state index >= 15 is 0 Å². The molecule has 2 heterocycles.